The van der Waals surface area contributed by atoms with Gasteiger partial charge in [-0.25, -0.2) is 0 Å². The molecule has 0 saturated carbocycles. The summed E-state index contributed by atoms with van der Waals surface area (Å²) in [4.78, 5) is 47.2. The summed E-state index contributed by atoms with van der Waals surface area (Å²) in [5.74, 6) is -1.01. The van der Waals surface area contributed by atoms with Gasteiger partial charge in [-0.3, -0.25) is 23.7 Å². The molecule has 0 amide bonds. The highest BCUT2D eigenvalue weighted by Crippen LogP contribution is 2.35. The minimum atomic E-state index is -1.02. The van der Waals surface area contributed by atoms with Crippen molar-refractivity contribution in [2.45, 2.75) is 78.5 Å². The first-order chi connectivity index (χ1) is 17.6. The number of ether oxygens (including phenoxy) is 6. The third-order valence-electron chi connectivity index (χ3n) is 5.66. The SMILES string of the molecule is CCCCOc1ccc2c(c1)c(O[C@H]1C[C@@H](OC(C)=O)[C@@H](OC(C)=O)[C@@H](COC(C)=O)O1)cn2C(C)=O. The van der Waals surface area contributed by atoms with E-state index in [4.69, 9.17) is 28.4 Å². The van der Waals surface area contributed by atoms with Gasteiger partial charge in [0.1, 0.15) is 30.3 Å². The van der Waals surface area contributed by atoms with E-state index in [0.29, 0.717) is 29.0 Å². The smallest absolute Gasteiger partial charge is 0.303 e. The minimum Gasteiger partial charge on any atom is -0.494 e. The van der Waals surface area contributed by atoms with Crippen LogP contribution in [-0.4, -0.2) is 66.2 Å². The van der Waals surface area contributed by atoms with Crippen LogP contribution in [0.15, 0.2) is 24.4 Å². The fraction of sp³-hybridized carbons (Fsp3) is 0.538. The van der Waals surface area contributed by atoms with Gasteiger partial charge in [-0.05, 0) is 24.6 Å². The Kier molecular flexibility index (Phi) is 9.51. The van der Waals surface area contributed by atoms with Gasteiger partial charge >= 0.3 is 17.9 Å². The molecule has 3 rings (SSSR count). The number of unbranched alkanes of at least 4 members (excludes halogenated alkanes) is 1. The number of hydrogen-bond acceptors (Lipinski definition) is 10. The normalized spacial score (nSPS) is 21.2. The van der Waals surface area contributed by atoms with Gasteiger partial charge in [0.15, 0.2) is 6.10 Å². The van der Waals surface area contributed by atoms with Gasteiger partial charge in [-0.15, -0.1) is 0 Å². The molecule has 2 heterocycles. The Morgan fingerprint density at radius 2 is 1.76 bits per heavy atom. The van der Waals surface area contributed by atoms with E-state index >= 15 is 0 Å². The summed E-state index contributed by atoms with van der Waals surface area (Å²) in [6, 6.07) is 5.34. The average molecular weight is 520 g/mol. The van der Waals surface area contributed by atoms with Crippen molar-refractivity contribution in [2.75, 3.05) is 13.2 Å². The highest BCUT2D eigenvalue weighted by molar-refractivity contribution is 5.96. The summed E-state index contributed by atoms with van der Waals surface area (Å²) in [7, 11) is 0. The molecule has 2 aromatic rings. The summed E-state index contributed by atoms with van der Waals surface area (Å²) in [6.45, 7) is 7.48. The third kappa shape index (κ3) is 7.45. The molecule has 0 spiro atoms. The van der Waals surface area contributed by atoms with Crippen LogP contribution in [0, 0.1) is 0 Å². The van der Waals surface area contributed by atoms with Crippen LogP contribution < -0.4 is 9.47 Å². The van der Waals surface area contributed by atoms with Crippen molar-refractivity contribution < 1.29 is 47.6 Å². The summed E-state index contributed by atoms with van der Waals surface area (Å²) >= 11 is 0. The van der Waals surface area contributed by atoms with E-state index in [1.807, 2.05) is 0 Å². The first kappa shape index (κ1) is 28.0. The fourth-order valence-electron chi connectivity index (χ4n) is 4.07. The monoisotopic (exact) mass is 519 g/mol. The quantitative estimate of drug-likeness (QED) is 0.262. The summed E-state index contributed by atoms with van der Waals surface area (Å²) in [6.07, 6.45) is -0.427. The molecule has 1 aromatic carbocycles. The molecular formula is C26H33NO10. The highest BCUT2D eigenvalue weighted by Gasteiger charge is 2.44. The molecule has 11 nitrogen and oxygen atoms in total. The van der Waals surface area contributed by atoms with Crippen LogP contribution in [0.1, 0.15) is 58.7 Å². The number of fused-ring (bicyclic) bond motifs is 1. The molecule has 1 saturated heterocycles. The highest BCUT2D eigenvalue weighted by atomic mass is 16.7. The van der Waals surface area contributed by atoms with E-state index < -0.39 is 42.5 Å². The second kappa shape index (κ2) is 12.6. The maximum absolute atomic E-state index is 12.3. The molecule has 1 aliphatic rings. The number of nitrogens with zero attached hydrogens (tertiary/aromatic N) is 1. The van der Waals surface area contributed by atoms with Crippen molar-refractivity contribution in [3.8, 4) is 11.5 Å². The van der Waals surface area contributed by atoms with E-state index in [1.54, 1.807) is 24.4 Å². The molecule has 1 aromatic heterocycles. The number of carbonyl (C=O) groups is 4. The molecule has 4 atom stereocenters. The molecule has 0 aliphatic carbocycles. The zero-order valence-electron chi connectivity index (χ0n) is 21.7. The standard InChI is InChI=1S/C26H33NO10/c1-6-7-10-32-19-8-9-21-20(11-19)23(13-27(21)15(2)28)36-25-12-22(34-17(4)30)26(35-18(5)31)24(37-25)14-33-16(3)29/h8-9,11,13,22,24-26H,6-7,10,12,14H2,1-5H3/t22-,24-,25-,26-/m1/s1. The Morgan fingerprint density at radius 3 is 2.38 bits per heavy atom. The largest absolute Gasteiger partial charge is 0.494 e. The summed E-state index contributed by atoms with van der Waals surface area (Å²) in [5.41, 5.74) is 0.618. The Labute approximate surface area is 214 Å². The van der Waals surface area contributed by atoms with Crippen molar-refractivity contribution in [1.82, 2.24) is 4.57 Å². The van der Waals surface area contributed by atoms with Crippen molar-refractivity contribution in [2.24, 2.45) is 0 Å². The van der Waals surface area contributed by atoms with E-state index in [9.17, 15) is 19.2 Å². The Morgan fingerprint density at radius 1 is 1.03 bits per heavy atom. The van der Waals surface area contributed by atoms with Gasteiger partial charge in [0.05, 0.1) is 24.7 Å². The van der Waals surface area contributed by atoms with Gasteiger partial charge in [0.25, 0.3) is 0 Å². The van der Waals surface area contributed by atoms with Gasteiger partial charge in [-0.2, -0.15) is 0 Å². The maximum Gasteiger partial charge on any atom is 0.303 e. The van der Waals surface area contributed by atoms with Crippen LogP contribution in [0.25, 0.3) is 10.9 Å². The maximum atomic E-state index is 12.3. The summed E-state index contributed by atoms with van der Waals surface area (Å²) in [5, 5.41) is 0.621. The lowest BCUT2D eigenvalue weighted by Crippen LogP contribution is -2.54. The molecule has 1 aliphatic heterocycles. The van der Waals surface area contributed by atoms with Crippen molar-refractivity contribution >= 4 is 34.7 Å². The van der Waals surface area contributed by atoms with Crippen LogP contribution in [-0.2, 0) is 33.3 Å². The van der Waals surface area contributed by atoms with Gasteiger partial charge in [0, 0.05) is 33.1 Å². The zero-order valence-corrected chi connectivity index (χ0v) is 21.7. The third-order valence-corrected chi connectivity index (χ3v) is 5.66. The van der Waals surface area contributed by atoms with E-state index in [2.05, 4.69) is 6.92 Å². The molecule has 11 heteroatoms. The van der Waals surface area contributed by atoms with Gasteiger partial charge < -0.3 is 28.4 Å². The molecule has 37 heavy (non-hydrogen) atoms. The topological polar surface area (TPSA) is 129 Å². The molecule has 1 fully saturated rings. The van der Waals surface area contributed by atoms with Gasteiger partial charge in [0.2, 0.25) is 12.2 Å². The molecule has 0 bridgehead atoms. The van der Waals surface area contributed by atoms with Crippen LogP contribution >= 0.6 is 0 Å². The number of benzene rings is 1. The number of esters is 3. The van der Waals surface area contributed by atoms with Crippen molar-refractivity contribution in [3.63, 3.8) is 0 Å². The van der Waals surface area contributed by atoms with Crippen LogP contribution in [0.4, 0.5) is 0 Å². The minimum absolute atomic E-state index is 0.0214. The number of rotatable bonds is 10. The molecule has 0 unspecified atom stereocenters. The van der Waals surface area contributed by atoms with Crippen LogP contribution in [0.2, 0.25) is 0 Å². The molecular weight excluding hydrogens is 486 g/mol. The first-order valence-corrected chi connectivity index (χ1v) is 12.2. The van der Waals surface area contributed by atoms with Crippen LogP contribution in [0.5, 0.6) is 11.5 Å². The molecule has 0 N–H and O–H groups in total. The predicted molar refractivity (Wildman–Crippen MR) is 130 cm³/mol. The number of carbonyl (C=O) groups excluding carboxylic acids is 4. The second-order valence-electron chi connectivity index (χ2n) is 8.75. The number of hydrogen-bond donors (Lipinski definition) is 0. The van der Waals surface area contributed by atoms with Crippen LogP contribution in [0.3, 0.4) is 0 Å². The Hall–Kier alpha value is -3.60. The lowest BCUT2D eigenvalue weighted by molar-refractivity contribution is -0.245. The lowest BCUT2D eigenvalue weighted by atomic mass is 10.0. The Bertz CT molecular complexity index is 1140. The van der Waals surface area contributed by atoms with E-state index in [0.717, 1.165) is 12.8 Å². The molecule has 0 radical (unpaired) electrons. The summed E-state index contributed by atoms with van der Waals surface area (Å²) < 4.78 is 35.3. The zero-order chi connectivity index (χ0) is 27.1. The van der Waals surface area contributed by atoms with Crippen molar-refractivity contribution in [3.05, 3.63) is 24.4 Å². The van der Waals surface area contributed by atoms with Crippen molar-refractivity contribution in [1.29, 1.82) is 0 Å². The van der Waals surface area contributed by atoms with E-state index in [1.165, 1.54) is 32.3 Å². The predicted octanol–water partition coefficient (Wildman–Crippen LogP) is 3.40. The van der Waals surface area contributed by atoms with Gasteiger partial charge in [-0.1, -0.05) is 13.3 Å². The number of aromatic nitrogens is 1. The average Bonchev–Trinajstić information content (AvgIpc) is 3.17. The lowest BCUT2D eigenvalue weighted by Gasteiger charge is -2.39. The fourth-order valence-corrected chi connectivity index (χ4v) is 4.07. The second-order valence-corrected chi connectivity index (χ2v) is 8.75. The first-order valence-electron chi connectivity index (χ1n) is 12.2. The Balaban J connectivity index is 1.93. The van der Waals surface area contributed by atoms with E-state index in [-0.39, 0.29) is 18.9 Å². The molecule has 202 valence electrons.